The minimum atomic E-state index is -0.887. The third kappa shape index (κ3) is 4.52. The molecule has 0 saturated carbocycles. The Hall–Kier alpha value is -4.26. The molecule has 1 N–H and O–H groups in total. The summed E-state index contributed by atoms with van der Waals surface area (Å²) in [5, 5.41) is 11.1. The number of rotatable bonds is 7. The molecule has 2 aromatic carbocycles. The standard InChI is InChI=1S/C26H21FN2O4/c1-2-14-33-21-11-7-19(8-12-21)24(30)22-23(18-5-9-20(27)10-6-18)29(26(32)25(22)31)16-17-4-3-13-28-15-17/h2-13,15,23,30H,1,14,16H2/b24-22+/t23-/m0/s1. The summed E-state index contributed by atoms with van der Waals surface area (Å²) >= 11 is 0. The number of pyridine rings is 1. The van der Waals surface area contributed by atoms with Crippen LogP contribution in [0.15, 0.2) is 91.3 Å². The van der Waals surface area contributed by atoms with Crippen LogP contribution in [0.2, 0.25) is 0 Å². The number of Topliss-reactive ketones (excluding diaryl/α,β-unsaturated/α-hetero) is 1. The van der Waals surface area contributed by atoms with E-state index in [0.717, 1.165) is 5.56 Å². The number of likely N-dealkylation sites (tertiary alicyclic amines) is 1. The molecule has 1 fully saturated rings. The molecule has 1 atom stereocenters. The van der Waals surface area contributed by atoms with E-state index < -0.39 is 23.5 Å². The summed E-state index contributed by atoms with van der Waals surface area (Å²) in [6.07, 6.45) is 4.82. The van der Waals surface area contributed by atoms with E-state index in [9.17, 15) is 19.1 Å². The molecule has 166 valence electrons. The third-order valence-electron chi connectivity index (χ3n) is 5.30. The van der Waals surface area contributed by atoms with E-state index in [1.807, 2.05) is 0 Å². The molecule has 0 aliphatic carbocycles. The lowest BCUT2D eigenvalue weighted by Gasteiger charge is -2.25. The monoisotopic (exact) mass is 444 g/mol. The molecule has 1 amide bonds. The molecule has 4 rings (SSSR count). The van der Waals surface area contributed by atoms with Crippen molar-refractivity contribution in [3.63, 3.8) is 0 Å². The first kappa shape index (κ1) is 22.0. The fourth-order valence-electron chi connectivity index (χ4n) is 3.74. The molecule has 33 heavy (non-hydrogen) atoms. The molecular formula is C26H21FN2O4. The Balaban J connectivity index is 1.78. The molecule has 0 spiro atoms. The van der Waals surface area contributed by atoms with E-state index in [-0.39, 0.29) is 17.9 Å². The Morgan fingerprint density at radius 2 is 1.85 bits per heavy atom. The number of amides is 1. The van der Waals surface area contributed by atoms with Gasteiger partial charge >= 0.3 is 0 Å². The first-order chi connectivity index (χ1) is 16.0. The van der Waals surface area contributed by atoms with Crippen molar-refractivity contribution in [2.75, 3.05) is 6.61 Å². The molecule has 1 aliphatic rings. The summed E-state index contributed by atoms with van der Waals surface area (Å²) < 4.78 is 19.0. The number of halogens is 1. The lowest BCUT2D eigenvalue weighted by molar-refractivity contribution is -0.140. The predicted molar refractivity (Wildman–Crippen MR) is 121 cm³/mol. The van der Waals surface area contributed by atoms with E-state index in [2.05, 4.69) is 11.6 Å². The smallest absolute Gasteiger partial charge is 0.295 e. The number of aromatic nitrogens is 1. The number of ether oxygens (including phenoxy) is 1. The summed E-state index contributed by atoms with van der Waals surface area (Å²) in [5.41, 5.74) is 1.52. The van der Waals surface area contributed by atoms with E-state index in [1.54, 1.807) is 54.9 Å². The largest absolute Gasteiger partial charge is 0.507 e. The average molecular weight is 444 g/mol. The van der Waals surface area contributed by atoms with Crippen molar-refractivity contribution in [1.29, 1.82) is 0 Å². The van der Waals surface area contributed by atoms with Crippen LogP contribution in [0.25, 0.3) is 5.76 Å². The summed E-state index contributed by atoms with van der Waals surface area (Å²) in [4.78, 5) is 31.5. The minimum absolute atomic E-state index is 0.0599. The Morgan fingerprint density at radius 1 is 1.12 bits per heavy atom. The van der Waals surface area contributed by atoms with Gasteiger partial charge in [-0.1, -0.05) is 30.9 Å². The molecule has 0 radical (unpaired) electrons. The van der Waals surface area contributed by atoms with Crippen molar-refractivity contribution in [3.8, 4) is 5.75 Å². The second-order valence-corrected chi connectivity index (χ2v) is 7.46. The number of hydrogen-bond donors (Lipinski definition) is 1. The molecular weight excluding hydrogens is 423 g/mol. The van der Waals surface area contributed by atoms with Gasteiger partial charge in [0.2, 0.25) is 0 Å². The van der Waals surface area contributed by atoms with Crippen LogP contribution in [0.3, 0.4) is 0 Å². The quantitative estimate of drug-likeness (QED) is 0.253. The highest BCUT2D eigenvalue weighted by Gasteiger charge is 2.46. The van der Waals surface area contributed by atoms with Crippen LogP contribution in [0, 0.1) is 5.82 Å². The Kier molecular flexibility index (Phi) is 6.31. The average Bonchev–Trinajstić information content (AvgIpc) is 3.08. The molecule has 2 heterocycles. The molecule has 3 aromatic rings. The van der Waals surface area contributed by atoms with Crippen LogP contribution in [-0.2, 0) is 16.1 Å². The van der Waals surface area contributed by atoms with Gasteiger partial charge in [0.25, 0.3) is 11.7 Å². The maximum atomic E-state index is 13.6. The highest BCUT2D eigenvalue weighted by molar-refractivity contribution is 6.46. The van der Waals surface area contributed by atoms with Crippen LogP contribution in [-0.4, -0.2) is 33.3 Å². The van der Waals surface area contributed by atoms with Gasteiger partial charge in [-0.25, -0.2) is 4.39 Å². The molecule has 0 bridgehead atoms. The lowest BCUT2D eigenvalue weighted by Crippen LogP contribution is -2.29. The van der Waals surface area contributed by atoms with Gasteiger partial charge < -0.3 is 14.7 Å². The topological polar surface area (TPSA) is 79.7 Å². The fourth-order valence-corrected chi connectivity index (χ4v) is 3.74. The third-order valence-corrected chi connectivity index (χ3v) is 5.30. The maximum Gasteiger partial charge on any atom is 0.295 e. The van der Waals surface area contributed by atoms with Crippen LogP contribution in [0.4, 0.5) is 4.39 Å². The molecule has 6 nitrogen and oxygen atoms in total. The molecule has 1 aliphatic heterocycles. The Bertz CT molecular complexity index is 1210. The van der Waals surface area contributed by atoms with Crippen molar-refractivity contribution in [2.45, 2.75) is 12.6 Å². The fraction of sp³-hybridized carbons (Fsp3) is 0.115. The zero-order valence-electron chi connectivity index (χ0n) is 17.6. The van der Waals surface area contributed by atoms with Crippen LogP contribution in [0.1, 0.15) is 22.7 Å². The van der Waals surface area contributed by atoms with Gasteiger partial charge in [0, 0.05) is 24.5 Å². The number of benzene rings is 2. The summed E-state index contributed by atoms with van der Waals surface area (Å²) in [6, 6.07) is 14.6. The van der Waals surface area contributed by atoms with Gasteiger partial charge in [-0.05, 0) is 53.6 Å². The van der Waals surface area contributed by atoms with Crippen molar-refractivity contribution in [1.82, 2.24) is 9.88 Å². The molecule has 7 heteroatoms. The van der Waals surface area contributed by atoms with Crippen LogP contribution >= 0.6 is 0 Å². The van der Waals surface area contributed by atoms with E-state index in [1.165, 1.54) is 29.2 Å². The number of aliphatic hydroxyl groups is 1. The second kappa shape index (κ2) is 9.48. The van der Waals surface area contributed by atoms with Crippen LogP contribution in [0.5, 0.6) is 5.75 Å². The normalized spacial score (nSPS) is 17.2. The summed E-state index contributed by atoms with van der Waals surface area (Å²) in [6.45, 7) is 4.03. The molecule has 1 aromatic heterocycles. The highest BCUT2D eigenvalue weighted by atomic mass is 19.1. The Labute approximate surface area is 190 Å². The number of ketones is 1. The molecule has 1 saturated heterocycles. The number of carbonyl (C=O) groups is 2. The predicted octanol–water partition coefficient (Wildman–Crippen LogP) is 4.41. The van der Waals surface area contributed by atoms with Crippen LogP contribution < -0.4 is 4.74 Å². The number of hydrogen-bond acceptors (Lipinski definition) is 5. The first-order valence-electron chi connectivity index (χ1n) is 10.3. The van der Waals surface area contributed by atoms with Gasteiger partial charge in [-0.2, -0.15) is 0 Å². The van der Waals surface area contributed by atoms with Gasteiger partial charge in [0.15, 0.2) is 0 Å². The first-order valence-corrected chi connectivity index (χ1v) is 10.3. The second-order valence-electron chi connectivity index (χ2n) is 7.46. The minimum Gasteiger partial charge on any atom is -0.507 e. The number of nitrogens with zero attached hydrogens (tertiary/aromatic N) is 2. The van der Waals surface area contributed by atoms with Crippen molar-refractivity contribution in [2.24, 2.45) is 0 Å². The van der Waals surface area contributed by atoms with Crippen molar-refractivity contribution in [3.05, 3.63) is 114 Å². The zero-order valence-corrected chi connectivity index (χ0v) is 17.6. The SMILES string of the molecule is C=CCOc1ccc(/C(O)=C2\C(=O)C(=O)N(Cc3cccnc3)[C@H]2c2ccc(F)cc2)cc1. The van der Waals surface area contributed by atoms with Gasteiger partial charge in [0.1, 0.15) is 23.9 Å². The highest BCUT2D eigenvalue weighted by Crippen LogP contribution is 2.40. The Morgan fingerprint density at radius 3 is 2.48 bits per heavy atom. The zero-order chi connectivity index (χ0) is 23.4. The van der Waals surface area contributed by atoms with Crippen molar-refractivity contribution >= 4 is 17.4 Å². The maximum absolute atomic E-state index is 13.6. The van der Waals surface area contributed by atoms with E-state index in [0.29, 0.717) is 23.5 Å². The van der Waals surface area contributed by atoms with E-state index in [4.69, 9.17) is 4.74 Å². The summed E-state index contributed by atoms with van der Waals surface area (Å²) in [7, 11) is 0. The van der Waals surface area contributed by atoms with Gasteiger partial charge in [-0.15, -0.1) is 0 Å². The van der Waals surface area contributed by atoms with Crippen molar-refractivity contribution < 1.29 is 23.8 Å². The number of aliphatic hydroxyl groups excluding tert-OH is 1. The van der Waals surface area contributed by atoms with Gasteiger partial charge in [0.05, 0.1) is 11.6 Å². The lowest BCUT2D eigenvalue weighted by atomic mass is 9.95. The summed E-state index contributed by atoms with van der Waals surface area (Å²) in [5.74, 6) is -1.75. The molecule has 0 unspecified atom stereocenters. The number of carbonyl (C=O) groups excluding carboxylic acids is 2. The van der Waals surface area contributed by atoms with E-state index >= 15 is 0 Å². The van der Waals surface area contributed by atoms with Gasteiger partial charge in [-0.3, -0.25) is 14.6 Å².